The molecule has 3 rings (SSSR count). The summed E-state index contributed by atoms with van der Waals surface area (Å²) >= 11 is 0. The van der Waals surface area contributed by atoms with E-state index in [1.807, 2.05) is 42.8 Å². The van der Waals surface area contributed by atoms with Crippen LogP contribution in [0.3, 0.4) is 0 Å². The summed E-state index contributed by atoms with van der Waals surface area (Å²) < 4.78 is 1.90. The van der Waals surface area contributed by atoms with Crippen LogP contribution in [0.2, 0.25) is 0 Å². The Kier molecular flexibility index (Phi) is 4.37. The van der Waals surface area contributed by atoms with Gasteiger partial charge in [0.2, 0.25) is 0 Å². The van der Waals surface area contributed by atoms with Crippen LogP contribution in [0.5, 0.6) is 0 Å². The molecule has 0 saturated carbocycles. The molecule has 0 radical (unpaired) electrons. The van der Waals surface area contributed by atoms with Gasteiger partial charge in [0.05, 0.1) is 12.2 Å². The molecule has 1 N–H and O–H groups in total. The monoisotopic (exact) mass is 341 g/mol. The first kappa shape index (κ1) is 17.2. The minimum atomic E-state index is -1.12. The number of carboxylic acid groups (broad SMARTS) is 1. The van der Waals surface area contributed by atoms with E-state index in [0.29, 0.717) is 31.5 Å². The topological polar surface area (TPSA) is 75.4 Å². The predicted molar refractivity (Wildman–Crippen MR) is 93.6 cm³/mol. The average molecular weight is 341 g/mol. The van der Waals surface area contributed by atoms with Gasteiger partial charge in [0.15, 0.2) is 0 Å². The summed E-state index contributed by atoms with van der Waals surface area (Å²) in [7, 11) is 0. The van der Waals surface area contributed by atoms with Gasteiger partial charge in [0.1, 0.15) is 5.54 Å². The van der Waals surface area contributed by atoms with Gasteiger partial charge in [-0.05, 0) is 57.4 Å². The van der Waals surface area contributed by atoms with Crippen molar-refractivity contribution in [3.8, 4) is 0 Å². The second kappa shape index (κ2) is 6.35. The maximum absolute atomic E-state index is 12.9. The lowest BCUT2D eigenvalue weighted by atomic mass is 9.98. The standard InChI is InChI=1S/C19H23N3O3/c1-13-10-14(2)22(20-13)12-15-6-4-7-16(11-15)17(23)21-9-5-8-19(21,3)18(24)25/h4,6-7,10-11H,5,8-9,12H2,1-3H3,(H,24,25). The average Bonchev–Trinajstić information content (AvgIpc) is 3.10. The van der Waals surface area contributed by atoms with Gasteiger partial charge in [0, 0.05) is 17.8 Å². The van der Waals surface area contributed by atoms with Crippen LogP contribution >= 0.6 is 0 Å². The lowest BCUT2D eigenvalue weighted by Gasteiger charge is -2.31. The van der Waals surface area contributed by atoms with Crippen molar-refractivity contribution in [3.05, 3.63) is 52.8 Å². The number of hydrogen-bond donors (Lipinski definition) is 1. The number of aryl methyl sites for hydroxylation is 2. The molecule has 0 aliphatic carbocycles. The van der Waals surface area contributed by atoms with E-state index < -0.39 is 11.5 Å². The Balaban J connectivity index is 1.85. The fourth-order valence-corrected chi connectivity index (χ4v) is 3.48. The lowest BCUT2D eigenvalue weighted by Crippen LogP contribution is -2.50. The summed E-state index contributed by atoms with van der Waals surface area (Å²) in [6.07, 6.45) is 1.19. The quantitative estimate of drug-likeness (QED) is 0.927. The zero-order chi connectivity index (χ0) is 18.2. The van der Waals surface area contributed by atoms with Crippen LogP contribution in [-0.4, -0.2) is 43.7 Å². The third-order valence-electron chi connectivity index (χ3n) is 4.96. The number of nitrogens with zero attached hydrogens (tertiary/aromatic N) is 3. The summed E-state index contributed by atoms with van der Waals surface area (Å²) in [6.45, 7) is 6.63. The number of rotatable bonds is 4. The number of carbonyl (C=O) groups is 2. The van der Waals surface area contributed by atoms with E-state index in [1.54, 1.807) is 13.0 Å². The number of likely N-dealkylation sites (tertiary alicyclic amines) is 1. The summed E-state index contributed by atoms with van der Waals surface area (Å²) in [6, 6.07) is 9.38. The molecule has 132 valence electrons. The Morgan fingerprint density at radius 1 is 1.28 bits per heavy atom. The first-order chi connectivity index (χ1) is 11.8. The normalized spacial score (nSPS) is 20.0. The van der Waals surface area contributed by atoms with Crippen LogP contribution in [0.4, 0.5) is 0 Å². The summed E-state index contributed by atoms with van der Waals surface area (Å²) in [4.78, 5) is 26.0. The number of aliphatic carboxylic acids is 1. The maximum Gasteiger partial charge on any atom is 0.329 e. The second-order valence-corrected chi connectivity index (χ2v) is 6.92. The molecule has 1 amide bonds. The molecule has 0 bridgehead atoms. The first-order valence-electron chi connectivity index (χ1n) is 8.46. The van der Waals surface area contributed by atoms with E-state index in [9.17, 15) is 14.7 Å². The summed E-state index contributed by atoms with van der Waals surface area (Å²) in [5.74, 6) is -1.17. The summed E-state index contributed by atoms with van der Waals surface area (Å²) in [5, 5.41) is 14.0. The van der Waals surface area contributed by atoms with Crippen LogP contribution < -0.4 is 0 Å². The highest BCUT2D eigenvalue weighted by molar-refractivity contribution is 5.98. The molecular weight excluding hydrogens is 318 g/mol. The third-order valence-corrected chi connectivity index (χ3v) is 4.96. The summed E-state index contributed by atoms with van der Waals surface area (Å²) in [5.41, 5.74) is 2.39. The number of carbonyl (C=O) groups excluding carboxylic acids is 1. The highest BCUT2D eigenvalue weighted by Gasteiger charge is 2.46. The van der Waals surface area contributed by atoms with Crippen molar-refractivity contribution >= 4 is 11.9 Å². The Labute approximate surface area is 147 Å². The molecule has 1 aliphatic rings. The molecule has 1 fully saturated rings. The molecule has 2 heterocycles. The lowest BCUT2D eigenvalue weighted by molar-refractivity contribution is -0.147. The zero-order valence-corrected chi connectivity index (χ0v) is 14.8. The van der Waals surface area contributed by atoms with Gasteiger partial charge in [-0.15, -0.1) is 0 Å². The molecule has 6 heteroatoms. The van der Waals surface area contributed by atoms with E-state index >= 15 is 0 Å². The van der Waals surface area contributed by atoms with Crippen LogP contribution in [-0.2, 0) is 11.3 Å². The molecule has 1 saturated heterocycles. The van der Waals surface area contributed by atoms with Crippen molar-refractivity contribution in [1.82, 2.24) is 14.7 Å². The van der Waals surface area contributed by atoms with Crippen LogP contribution in [0.1, 0.15) is 47.1 Å². The van der Waals surface area contributed by atoms with Crippen molar-refractivity contribution in [2.75, 3.05) is 6.54 Å². The van der Waals surface area contributed by atoms with E-state index in [-0.39, 0.29) is 5.91 Å². The molecular formula is C19H23N3O3. The van der Waals surface area contributed by atoms with Gasteiger partial charge < -0.3 is 10.0 Å². The number of carboxylic acids is 1. The molecule has 1 aromatic heterocycles. The molecule has 1 aliphatic heterocycles. The van der Waals surface area contributed by atoms with Crippen molar-refractivity contribution in [2.24, 2.45) is 0 Å². The SMILES string of the molecule is Cc1cc(C)n(Cc2cccc(C(=O)N3CCCC3(C)C(=O)O)c2)n1. The van der Waals surface area contributed by atoms with Gasteiger partial charge in [-0.2, -0.15) is 5.10 Å². The van der Waals surface area contributed by atoms with Crippen LogP contribution in [0.15, 0.2) is 30.3 Å². The van der Waals surface area contributed by atoms with Crippen molar-refractivity contribution in [1.29, 1.82) is 0 Å². The molecule has 6 nitrogen and oxygen atoms in total. The van der Waals surface area contributed by atoms with E-state index in [2.05, 4.69) is 5.10 Å². The van der Waals surface area contributed by atoms with E-state index in [4.69, 9.17) is 0 Å². The van der Waals surface area contributed by atoms with E-state index in [1.165, 1.54) is 4.90 Å². The number of amides is 1. The number of benzene rings is 1. The van der Waals surface area contributed by atoms with Crippen LogP contribution in [0, 0.1) is 13.8 Å². The van der Waals surface area contributed by atoms with Crippen molar-refractivity contribution in [3.63, 3.8) is 0 Å². The molecule has 0 spiro atoms. The minimum absolute atomic E-state index is 0.224. The Morgan fingerprint density at radius 3 is 2.68 bits per heavy atom. The largest absolute Gasteiger partial charge is 0.480 e. The molecule has 25 heavy (non-hydrogen) atoms. The van der Waals surface area contributed by atoms with Crippen LogP contribution in [0.25, 0.3) is 0 Å². The highest BCUT2D eigenvalue weighted by Crippen LogP contribution is 2.31. The number of hydrogen-bond acceptors (Lipinski definition) is 3. The van der Waals surface area contributed by atoms with E-state index in [0.717, 1.165) is 17.0 Å². The molecule has 1 aromatic carbocycles. The Morgan fingerprint density at radius 2 is 2.04 bits per heavy atom. The van der Waals surface area contributed by atoms with Gasteiger partial charge in [-0.3, -0.25) is 9.48 Å². The molecule has 1 unspecified atom stereocenters. The van der Waals surface area contributed by atoms with Gasteiger partial charge in [0.25, 0.3) is 5.91 Å². The maximum atomic E-state index is 12.9. The predicted octanol–water partition coefficient (Wildman–Crippen LogP) is 2.63. The first-order valence-corrected chi connectivity index (χ1v) is 8.46. The van der Waals surface area contributed by atoms with Crippen molar-refractivity contribution in [2.45, 2.75) is 45.7 Å². The highest BCUT2D eigenvalue weighted by atomic mass is 16.4. The molecule has 2 aromatic rings. The zero-order valence-electron chi connectivity index (χ0n) is 14.8. The number of aromatic nitrogens is 2. The minimum Gasteiger partial charge on any atom is -0.480 e. The smallest absolute Gasteiger partial charge is 0.329 e. The van der Waals surface area contributed by atoms with Gasteiger partial charge >= 0.3 is 5.97 Å². The second-order valence-electron chi connectivity index (χ2n) is 6.92. The third kappa shape index (κ3) is 3.16. The van der Waals surface area contributed by atoms with Gasteiger partial charge in [-0.25, -0.2) is 4.79 Å². The Hall–Kier alpha value is -2.63. The molecule has 1 atom stereocenters. The van der Waals surface area contributed by atoms with Crippen molar-refractivity contribution < 1.29 is 14.7 Å². The fourth-order valence-electron chi connectivity index (χ4n) is 3.48. The Bertz CT molecular complexity index is 827. The fraction of sp³-hybridized carbons (Fsp3) is 0.421. The van der Waals surface area contributed by atoms with Gasteiger partial charge in [-0.1, -0.05) is 12.1 Å².